The van der Waals surface area contributed by atoms with E-state index in [2.05, 4.69) is 10.2 Å². The van der Waals surface area contributed by atoms with E-state index in [1.807, 2.05) is 14.1 Å². The van der Waals surface area contributed by atoms with Crippen molar-refractivity contribution in [2.45, 2.75) is 25.3 Å². The van der Waals surface area contributed by atoms with Crippen LogP contribution in [0.1, 0.15) is 19.3 Å². The number of hydrogen-bond donors (Lipinski definition) is 2. The molecule has 98 valence electrons. The second-order valence-corrected chi connectivity index (χ2v) is 4.58. The zero-order valence-electron chi connectivity index (χ0n) is 10.5. The van der Waals surface area contributed by atoms with Gasteiger partial charge in [-0.2, -0.15) is 0 Å². The molecule has 0 aromatic heterocycles. The zero-order chi connectivity index (χ0) is 12.8. The Morgan fingerprint density at radius 2 is 2.18 bits per heavy atom. The van der Waals surface area contributed by atoms with Crippen LogP contribution in [0.3, 0.4) is 0 Å². The summed E-state index contributed by atoms with van der Waals surface area (Å²) in [5, 5.41) is 11.1. The summed E-state index contributed by atoms with van der Waals surface area (Å²) in [4.78, 5) is 26.0. The van der Waals surface area contributed by atoms with E-state index < -0.39 is 5.97 Å². The molecule has 0 aromatic carbocycles. The molecule has 0 aromatic rings. The van der Waals surface area contributed by atoms with Gasteiger partial charge >= 0.3 is 12.0 Å². The molecule has 1 saturated heterocycles. The standard InChI is InChI=1S/C11H21N3O3/c1-13(2)9-4-3-7-14(8-9)11(17)12-6-5-10(15)16/h9H,3-8H2,1-2H3,(H,12,17)(H,15,16). The van der Waals surface area contributed by atoms with E-state index in [1.165, 1.54) is 0 Å². The Hall–Kier alpha value is -1.30. The van der Waals surface area contributed by atoms with Gasteiger partial charge in [0.25, 0.3) is 0 Å². The maximum Gasteiger partial charge on any atom is 0.317 e. The number of nitrogens with zero attached hydrogens (tertiary/aromatic N) is 2. The summed E-state index contributed by atoms with van der Waals surface area (Å²) in [6.07, 6.45) is 2.07. The topological polar surface area (TPSA) is 72.9 Å². The average Bonchev–Trinajstić information content (AvgIpc) is 2.28. The number of piperidine rings is 1. The predicted octanol–water partition coefficient (Wildman–Crippen LogP) is 0.197. The highest BCUT2D eigenvalue weighted by Crippen LogP contribution is 2.13. The van der Waals surface area contributed by atoms with Gasteiger partial charge in [-0.25, -0.2) is 4.79 Å². The largest absolute Gasteiger partial charge is 0.481 e. The van der Waals surface area contributed by atoms with Crippen molar-refractivity contribution in [3.05, 3.63) is 0 Å². The lowest BCUT2D eigenvalue weighted by molar-refractivity contribution is -0.136. The molecule has 0 radical (unpaired) electrons. The number of amides is 2. The lowest BCUT2D eigenvalue weighted by Crippen LogP contribution is -2.50. The van der Waals surface area contributed by atoms with Gasteiger partial charge in [0, 0.05) is 25.7 Å². The summed E-state index contributed by atoms with van der Waals surface area (Å²) in [7, 11) is 4.02. The van der Waals surface area contributed by atoms with Gasteiger partial charge < -0.3 is 20.2 Å². The molecule has 0 bridgehead atoms. The van der Waals surface area contributed by atoms with Gasteiger partial charge in [-0.3, -0.25) is 4.79 Å². The van der Waals surface area contributed by atoms with Crippen LogP contribution in [-0.2, 0) is 4.79 Å². The first-order valence-corrected chi connectivity index (χ1v) is 5.91. The first-order chi connectivity index (χ1) is 8.00. The predicted molar refractivity (Wildman–Crippen MR) is 63.9 cm³/mol. The van der Waals surface area contributed by atoms with E-state index in [9.17, 15) is 9.59 Å². The molecule has 2 N–H and O–H groups in total. The van der Waals surface area contributed by atoms with Crippen molar-refractivity contribution in [2.24, 2.45) is 0 Å². The summed E-state index contributed by atoms with van der Waals surface area (Å²) in [6.45, 7) is 1.66. The van der Waals surface area contributed by atoms with Gasteiger partial charge in [-0.05, 0) is 26.9 Å². The smallest absolute Gasteiger partial charge is 0.317 e. The van der Waals surface area contributed by atoms with Gasteiger partial charge in [0.05, 0.1) is 6.42 Å². The number of urea groups is 1. The van der Waals surface area contributed by atoms with Gasteiger partial charge in [-0.1, -0.05) is 0 Å². The number of aliphatic carboxylic acids is 1. The number of carboxylic acid groups (broad SMARTS) is 1. The van der Waals surface area contributed by atoms with Gasteiger partial charge in [0.2, 0.25) is 0 Å². The number of nitrogens with one attached hydrogen (secondary N) is 1. The Morgan fingerprint density at radius 3 is 2.76 bits per heavy atom. The third-order valence-electron chi connectivity index (χ3n) is 3.03. The first kappa shape index (κ1) is 13.8. The van der Waals surface area contributed by atoms with Crippen LogP contribution in [0.25, 0.3) is 0 Å². The molecule has 1 rings (SSSR count). The summed E-state index contributed by atoms with van der Waals surface area (Å²) < 4.78 is 0. The van der Waals surface area contributed by atoms with E-state index in [0.717, 1.165) is 19.4 Å². The van der Waals surface area contributed by atoms with Gasteiger partial charge in [-0.15, -0.1) is 0 Å². The van der Waals surface area contributed by atoms with Crippen LogP contribution in [0.4, 0.5) is 4.79 Å². The Kier molecular flexibility index (Phi) is 5.21. The highest BCUT2D eigenvalue weighted by atomic mass is 16.4. The molecule has 1 aliphatic rings. The monoisotopic (exact) mass is 243 g/mol. The van der Waals surface area contributed by atoms with Crippen LogP contribution in [0.2, 0.25) is 0 Å². The number of likely N-dealkylation sites (tertiary alicyclic amines) is 1. The molecule has 1 atom stereocenters. The Morgan fingerprint density at radius 1 is 1.47 bits per heavy atom. The highest BCUT2D eigenvalue weighted by Gasteiger charge is 2.24. The van der Waals surface area contributed by atoms with Crippen LogP contribution < -0.4 is 5.32 Å². The highest BCUT2D eigenvalue weighted by molar-refractivity contribution is 5.75. The molecule has 1 heterocycles. The molecule has 0 saturated carbocycles. The summed E-state index contributed by atoms with van der Waals surface area (Å²) >= 11 is 0. The minimum absolute atomic E-state index is 0.0311. The number of carboxylic acids is 1. The number of hydrogen-bond acceptors (Lipinski definition) is 3. The van der Waals surface area contributed by atoms with Crippen LogP contribution >= 0.6 is 0 Å². The van der Waals surface area contributed by atoms with Crippen LogP contribution in [0, 0.1) is 0 Å². The van der Waals surface area contributed by atoms with E-state index >= 15 is 0 Å². The molecule has 17 heavy (non-hydrogen) atoms. The molecule has 0 spiro atoms. The van der Waals surface area contributed by atoms with E-state index in [0.29, 0.717) is 12.6 Å². The minimum Gasteiger partial charge on any atom is -0.481 e. The number of carbonyl (C=O) groups excluding carboxylic acids is 1. The Bertz CT molecular complexity index is 281. The second kappa shape index (κ2) is 6.44. The Labute approximate surface area is 102 Å². The fourth-order valence-electron chi connectivity index (χ4n) is 1.95. The van der Waals surface area contributed by atoms with Crippen LogP contribution in [0.5, 0.6) is 0 Å². The van der Waals surface area contributed by atoms with Crippen molar-refractivity contribution in [3.63, 3.8) is 0 Å². The summed E-state index contributed by atoms with van der Waals surface area (Å²) in [6, 6.07) is 0.242. The Balaban J connectivity index is 2.33. The molecule has 1 aliphatic heterocycles. The third kappa shape index (κ3) is 4.60. The zero-order valence-corrected chi connectivity index (χ0v) is 10.5. The maximum absolute atomic E-state index is 11.8. The van der Waals surface area contributed by atoms with Crippen LogP contribution in [0.15, 0.2) is 0 Å². The molecule has 0 aliphatic carbocycles. The summed E-state index contributed by atoms with van der Waals surface area (Å²) in [5.74, 6) is -0.893. The molecule has 1 unspecified atom stereocenters. The second-order valence-electron chi connectivity index (χ2n) is 4.58. The number of rotatable bonds is 4. The molecular weight excluding hydrogens is 222 g/mol. The molecule has 1 fully saturated rings. The maximum atomic E-state index is 11.8. The lowest BCUT2D eigenvalue weighted by Gasteiger charge is -2.36. The molecule has 6 nitrogen and oxygen atoms in total. The van der Waals surface area contributed by atoms with E-state index in [1.54, 1.807) is 4.90 Å². The van der Waals surface area contributed by atoms with Crippen molar-refractivity contribution in [1.82, 2.24) is 15.1 Å². The quantitative estimate of drug-likeness (QED) is 0.739. The number of likely N-dealkylation sites (N-methyl/N-ethyl adjacent to an activating group) is 1. The average molecular weight is 243 g/mol. The van der Waals surface area contributed by atoms with E-state index in [-0.39, 0.29) is 19.0 Å². The van der Waals surface area contributed by atoms with Crippen molar-refractivity contribution in [1.29, 1.82) is 0 Å². The van der Waals surface area contributed by atoms with Crippen molar-refractivity contribution < 1.29 is 14.7 Å². The normalized spacial score (nSPS) is 20.4. The molecule has 6 heteroatoms. The SMILES string of the molecule is CN(C)C1CCCN(C(=O)NCCC(=O)O)C1. The third-order valence-corrected chi connectivity index (χ3v) is 3.03. The first-order valence-electron chi connectivity index (χ1n) is 5.91. The summed E-state index contributed by atoms with van der Waals surface area (Å²) in [5.41, 5.74) is 0. The fraction of sp³-hybridized carbons (Fsp3) is 0.818. The minimum atomic E-state index is -0.893. The van der Waals surface area contributed by atoms with E-state index in [4.69, 9.17) is 5.11 Å². The van der Waals surface area contributed by atoms with Gasteiger partial charge in [0.15, 0.2) is 0 Å². The van der Waals surface area contributed by atoms with Crippen LogP contribution in [-0.4, -0.2) is 66.7 Å². The van der Waals surface area contributed by atoms with Crippen molar-refractivity contribution in [2.75, 3.05) is 33.7 Å². The van der Waals surface area contributed by atoms with Crippen molar-refractivity contribution in [3.8, 4) is 0 Å². The lowest BCUT2D eigenvalue weighted by atomic mass is 10.1. The number of carbonyl (C=O) groups is 2. The molecule has 2 amide bonds. The fourth-order valence-corrected chi connectivity index (χ4v) is 1.95. The molecular formula is C11H21N3O3. The van der Waals surface area contributed by atoms with Crippen molar-refractivity contribution >= 4 is 12.0 Å². The van der Waals surface area contributed by atoms with Gasteiger partial charge in [0.1, 0.15) is 0 Å².